The quantitative estimate of drug-likeness (QED) is 0.864. The van der Waals surface area contributed by atoms with Gasteiger partial charge in [0.1, 0.15) is 0 Å². The van der Waals surface area contributed by atoms with E-state index in [9.17, 15) is 4.79 Å². The summed E-state index contributed by atoms with van der Waals surface area (Å²) in [7, 11) is 0. The van der Waals surface area contributed by atoms with Crippen LogP contribution in [0.15, 0.2) is 24.3 Å². The van der Waals surface area contributed by atoms with E-state index in [4.69, 9.17) is 0 Å². The summed E-state index contributed by atoms with van der Waals surface area (Å²) in [6.45, 7) is 4.37. The SMILES string of the molecule is Cc1nnc(NC(=O)C2Cc3ccccc3CN2)nc1C. The zero-order valence-corrected chi connectivity index (χ0v) is 12.1. The molecule has 2 aromatic rings. The van der Waals surface area contributed by atoms with E-state index in [-0.39, 0.29) is 17.9 Å². The van der Waals surface area contributed by atoms with Crippen molar-refractivity contribution in [1.29, 1.82) is 0 Å². The molecular formula is C15H17N5O. The maximum Gasteiger partial charge on any atom is 0.249 e. The fourth-order valence-corrected chi connectivity index (χ4v) is 2.35. The second-order valence-corrected chi connectivity index (χ2v) is 5.20. The number of hydrogen-bond acceptors (Lipinski definition) is 5. The number of anilines is 1. The smallest absolute Gasteiger partial charge is 0.249 e. The third-order valence-corrected chi connectivity index (χ3v) is 3.72. The molecule has 0 radical (unpaired) electrons. The second kappa shape index (κ2) is 5.57. The molecule has 0 fully saturated rings. The number of carbonyl (C=O) groups excluding carboxylic acids is 1. The number of aromatic nitrogens is 3. The number of rotatable bonds is 2. The van der Waals surface area contributed by atoms with Gasteiger partial charge in [-0.25, -0.2) is 4.98 Å². The van der Waals surface area contributed by atoms with Crippen LogP contribution in [0.1, 0.15) is 22.5 Å². The Morgan fingerprint density at radius 2 is 1.95 bits per heavy atom. The summed E-state index contributed by atoms with van der Waals surface area (Å²) in [5.41, 5.74) is 3.97. The van der Waals surface area contributed by atoms with Gasteiger partial charge in [-0.2, -0.15) is 5.10 Å². The van der Waals surface area contributed by atoms with Crippen molar-refractivity contribution in [2.75, 3.05) is 5.32 Å². The minimum Gasteiger partial charge on any atom is -0.301 e. The van der Waals surface area contributed by atoms with E-state index < -0.39 is 0 Å². The van der Waals surface area contributed by atoms with Crippen molar-refractivity contribution in [2.45, 2.75) is 32.9 Å². The fraction of sp³-hybridized carbons (Fsp3) is 0.333. The highest BCUT2D eigenvalue weighted by molar-refractivity contribution is 5.93. The number of hydrogen-bond donors (Lipinski definition) is 2. The van der Waals surface area contributed by atoms with Crippen molar-refractivity contribution in [1.82, 2.24) is 20.5 Å². The lowest BCUT2D eigenvalue weighted by Gasteiger charge is -2.24. The molecule has 108 valence electrons. The Morgan fingerprint density at radius 3 is 2.71 bits per heavy atom. The van der Waals surface area contributed by atoms with Gasteiger partial charge >= 0.3 is 0 Å². The summed E-state index contributed by atoms with van der Waals surface area (Å²) in [6.07, 6.45) is 0.667. The van der Waals surface area contributed by atoms with Crippen LogP contribution >= 0.6 is 0 Å². The van der Waals surface area contributed by atoms with E-state index >= 15 is 0 Å². The second-order valence-electron chi connectivity index (χ2n) is 5.20. The summed E-state index contributed by atoms with van der Waals surface area (Å²) in [5.74, 6) is 0.123. The van der Waals surface area contributed by atoms with Gasteiger partial charge in [-0.3, -0.25) is 10.1 Å². The van der Waals surface area contributed by atoms with E-state index in [1.54, 1.807) is 0 Å². The molecule has 0 saturated carbocycles. The van der Waals surface area contributed by atoms with E-state index in [1.165, 1.54) is 11.1 Å². The van der Waals surface area contributed by atoms with Crippen LogP contribution in [0.5, 0.6) is 0 Å². The Bertz CT molecular complexity index is 686. The topological polar surface area (TPSA) is 79.8 Å². The average molecular weight is 283 g/mol. The third kappa shape index (κ3) is 2.90. The highest BCUT2D eigenvalue weighted by Crippen LogP contribution is 2.16. The predicted octanol–water partition coefficient (Wildman–Crippen LogP) is 1.14. The number of fused-ring (bicyclic) bond motifs is 1. The Hall–Kier alpha value is -2.34. The van der Waals surface area contributed by atoms with E-state index in [0.717, 1.165) is 11.4 Å². The number of nitrogens with zero attached hydrogens (tertiary/aromatic N) is 3. The molecule has 1 aliphatic rings. The first-order valence-electron chi connectivity index (χ1n) is 6.92. The molecule has 1 atom stereocenters. The third-order valence-electron chi connectivity index (χ3n) is 3.72. The normalized spacial score (nSPS) is 17.1. The molecule has 1 unspecified atom stereocenters. The van der Waals surface area contributed by atoms with Gasteiger partial charge in [0.2, 0.25) is 11.9 Å². The first-order valence-corrected chi connectivity index (χ1v) is 6.92. The van der Waals surface area contributed by atoms with Gasteiger partial charge in [-0.05, 0) is 31.4 Å². The van der Waals surface area contributed by atoms with Crippen LogP contribution < -0.4 is 10.6 Å². The van der Waals surface area contributed by atoms with E-state index in [1.807, 2.05) is 26.0 Å². The highest BCUT2D eigenvalue weighted by atomic mass is 16.2. The fourth-order valence-electron chi connectivity index (χ4n) is 2.35. The van der Waals surface area contributed by atoms with Crippen LogP contribution in [0.3, 0.4) is 0 Å². The van der Waals surface area contributed by atoms with Gasteiger partial charge in [0.05, 0.1) is 17.4 Å². The molecule has 0 saturated heterocycles. The maximum absolute atomic E-state index is 12.3. The largest absolute Gasteiger partial charge is 0.301 e. The summed E-state index contributed by atoms with van der Waals surface area (Å²) < 4.78 is 0. The zero-order valence-electron chi connectivity index (χ0n) is 12.1. The predicted molar refractivity (Wildman–Crippen MR) is 78.7 cm³/mol. The molecule has 0 bridgehead atoms. The molecule has 6 heteroatoms. The molecule has 6 nitrogen and oxygen atoms in total. The number of carbonyl (C=O) groups is 1. The van der Waals surface area contributed by atoms with Crippen LogP contribution in [0.25, 0.3) is 0 Å². The van der Waals surface area contributed by atoms with Crippen molar-refractivity contribution >= 4 is 11.9 Å². The summed E-state index contributed by atoms with van der Waals surface area (Å²) >= 11 is 0. The summed E-state index contributed by atoms with van der Waals surface area (Å²) in [5, 5.41) is 13.8. The molecule has 1 aliphatic heterocycles. The average Bonchev–Trinajstić information content (AvgIpc) is 2.50. The van der Waals surface area contributed by atoms with Crippen molar-refractivity contribution in [3.05, 3.63) is 46.8 Å². The van der Waals surface area contributed by atoms with Crippen molar-refractivity contribution in [3.63, 3.8) is 0 Å². The maximum atomic E-state index is 12.3. The van der Waals surface area contributed by atoms with Gasteiger partial charge in [-0.1, -0.05) is 24.3 Å². The first kappa shape index (κ1) is 13.6. The minimum atomic E-state index is -0.273. The van der Waals surface area contributed by atoms with Crippen molar-refractivity contribution in [2.24, 2.45) is 0 Å². The lowest BCUT2D eigenvalue weighted by Crippen LogP contribution is -2.45. The molecule has 3 rings (SSSR count). The zero-order chi connectivity index (χ0) is 14.8. The molecule has 1 aromatic heterocycles. The van der Waals surface area contributed by atoms with Crippen LogP contribution in [0, 0.1) is 13.8 Å². The number of benzene rings is 1. The van der Waals surface area contributed by atoms with Crippen molar-refractivity contribution < 1.29 is 4.79 Å². The summed E-state index contributed by atoms with van der Waals surface area (Å²) in [4.78, 5) is 16.5. The number of nitrogens with one attached hydrogen (secondary N) is 2. The lowest BCUT2D eigenvalue weighted by atomic mass is 9.95. The molecule has 21 heavy (non-hydrogen) atoms. The van der Waals surface area contributed by atoms with Gasteiger partial charge in [0.15, 0.2) is 0 Å². The Balaban J connectivity index is 1.70. The number of aryl methyl sites for hydroxylation is 2. The molecule has 2 N–H and O–H groups in total. The van der Waals surface area contributed by atoms with Gasteiger partial charge < -0.3 is 5.32 Å². The minimum absolute atomic E-state index is 0.130. The Kier molecular flexibility index (Phi) is 3.62. The van der Waals surface area contributed by atoms with Crippen molar-refractivity contribution in [3.8, 4) is 0 Å². The van der Waals surface area contributed by atoms with Crippen LogP contribution in [-0.4, -0.2) is 27.1 Å². The molecule has 0 spiro atoms. The van der Waals surface area contributed by atoms with Gasteiger partial charge in [0, 0.05) is 6.54 Å². The van der Waals surface area contributed by atoms with Gasteiger partial charge in [-0.15, -0.1) is 5.10 Å². The summed E-state index contributed by atoms with van der Waals surface area (Å²) in [6, 6.07) is 7.87. The van der Waals surface area contributed by atoms with Crippen LogP contribution in [-0.2, 0) is 17.8 Å². The van der Waals surface area contributed by atoms with Crippen LogP contribution in [0.4, 0.5) is 5.95 Å². The highest BCUT2D eigenvalue weighted by Gasteiger charge is 2.24. The first-order chi connectivity index (χ1) is 10.1. The molecule has 1 amide bonds. The Labute approximate surface area is 123 Å². The van der Waals surface area contributed by atoms with Gasteiger partial charge in [0.25, 0.3) is 0 Å². The lowest BCUT2D eigenvalue weighted by molar-refractivity contribution is -0.118. The molecular weight excluding hydrogens is 266 g/mol. The van der Waals surface area contributed by atoms with Crippen LogP contribution in [0.2, 0.25) is 0 Å². The van der Waals surface area contributed by atoms with E-state index in [0.29, 0.717) is 13.0 Å². The van der Waals surface area contributed by atoms with E-state index in [2.05, 4.69) is 37.9 Å². The number of amides is 1. The molecule has 1 aromatic carbocycles. The molecule has 0 aliphatic carbocycles. The molecule has 2 heterocycles. The standard InChI is InChI=1S/C15H17N5O/c1-9-10(2)19-20-15(17-9)18-14(21)13-7-11-5-3-4-6-12(11)8-16-13/h3-6,13,16H,7-8H2,1-2H3,(H,17,18,20,21). The monoisotopic (exact) mass is 283 g/mol. The Morgan fingerprint density at radius 1 is 1.19 bits per heavy atom.